The van der Waals surface area contributed by atoms with Gasteiger partial charge in [0, 0.05) is 45.3 Å². The van der Waals surface area contributed by atoms with Gasteiger partial charge in [0.05, 0.1) is 0 Å². The standard InChI is InChI=1S/C32H39N3O2/c1-4-30(36)35(28-18-12-7-13-19-28)29-20-23-34(24-21-29)25-22-32(31(37)33(2)3,26-14-8-5-9-15-26)27-16-10-6-11-17-27/h5-19,29H,4,20-25H2,1-3H3. The maximum atomic E-state index is 13.9. The monoisotopic (exact) mass is 497 g/mol. The third-order valence-electron chi connectivity index (χ3n) is 7.64. The fourth-order valence-corrected chi connectivity index (χ4v) is 5.68. The van der Waals surface area contributed by atoms with Crippen LogP contribution in [-0.4, -0.2) is 61.4 Å². The molecule has 1 aliphatic rings. The Hall–Kier alpha value is -3.44. The molecule has 0 bridgehead atoms. The summed E-state index contributed by atoms with van der Waals surface area (Å²) < 4.78 is 0. The first-order chi connectivity index (χ1) is 18.0. The lowest BCUT2D eigenvalue weighted by Gasteiger charge is -2.41. The molecule has 0 radical (unpaired) electrons. The number of carbonyl (C=O) groups is 2. The van der Waals surface area contributed by atoms with Crippen LogP contribution in [-0.2, 0) is 15.0 Å². The van der Waals surface area contributed by atoms with Gasteiger partial charge in [0.2, 0.25) is 11.8 Å². The molecule has 1 fully saturated rings. The Morgan fingerprint density at radius 1 is 0.811 bits per heavy atom. The summed E-state index contributed by atoms with van der Waals surface area (Å²) in [5.74, 6) is 0.275. The minimum Gasteiger partial charge on any atom is -0.348 e. The van der Waals surface area contributed by atoms with Gasteiger partial charge in [-0.15, -0.1) is 0 Å². The highest BCUT2D eigenvalue weighted by molar-refractivity contribution is 5.94. The van der Waals surface area contributed by atoms with E-state index in [0.717, 1.165) is 49.3 Å². The fraction of sp³-hybridized carbons (Fsp3) is 0.375. The molecule has 0 N–H and O–H groups in total. The third kappa shape index (κ3) is 5.78. The van der Waals surface area contributed by atoms with Crippen LogP contribution in [0, 0.1) is 0 Å². The van der Waals surface area contributed by atoms with E-state index < -0.39 is 5.41 Å². The van der Waals surface area contributed by atoms with Gasteiger partial charge in [0.1, 0.15) is 5.41 Å². The highest BCUT2D eigenvalue weighted by Gasteiger charge is 2.43. The Bertz CT molecular complexity index is 1100. The molecule has 1 saturated heterocycles. The predicted octanol–water partition coefficient (Wildman–Crippen LogP) is 5.36. The second kappa shape index (κ2) is 12.2. The van der Waals surface area contributed by atoms with Gasteiger partial charge in [0.15, 0.2) is 0 Å². The molecular formula is C32H39N3O2. The predicted molar refractivity (Wildman–Crippen MR) is 151 cm³/mol. The van der Waals surface area contributed by atoms with Crippen LogP contribution in [0.1, 0.15) is 43.7 Å². The molecular weight excluding hydrogens is 458 g/mol. The second-order valence-corrected chi connectivity index (χ2v) is 10.1. The van der Waals surface area contributed by atoms with E-state index in [4.69, 9.17) is 0 Å². The lowest BCUT2D eigenvalue weighted by atomic mass is 9.70. The topological polar surface area (TPSA) is 43.9 Å². The van der Waals surface area contributed by atoms with Crippen LogP contribution in [0.3, 0.4) is 0 Å². The third-order valence-corrected chi connectivity index (χ3v) is 7.64. The summed E-state index contributed by atoms with van der Waals surface area (Å²) in [5.41, 5.74) is 2.28. The quantitative estimate of drug-likeness (QED) is 0.400. The van der Waals surface area contributed by atoms with E-state index in [0.29, 0.717) is 12.8 Å². The summed E-state index contributed by atoms with van der Waals surface area (Å²) in [5, 5.41) is 0. The molecule has 3 aromatic carbocycles. The number of rotatable bonds is 9. The van der Waals surface area contributed by atoms with Crippen molar-refractivity contribution in [3.05, 3.63) is 102 Å². The Balaban J connectivity index is 1.54. The summed E-state index contributed by atoms with van der Waals surface area (Å²) in [7, 11) is 3.69. The van der Waals surface area contributed by atoms with Crippen LogP contribution in [0.4, 0.5) is 5.69 Å². The largest absolute Gasteiger partial charge is 0.348 e. The summed E-state index contributed by atoms with van der Waals surface area (Å²) >= 11 is 0. The molecule has 3 aromatic rings. The fourth-order valence-electron chi connectivity index (χ4n) is 5.68. The Kier molecular flexibility index (Phi) is 8.78. The van der Waals surface area contributed by atoms with E-state index in [9.17, 15) is 9.59 Å². The number of piperidine rings is 1. The minimum atomic E-state index is -0.753. The van der Waals surface area contributed by atoms with Crippen molar-refractivity contribution in [2.24, 2.45) is 0 Å². The average Bonchev–Trinajstić information content (AvgIpc) is 2.95. The molecule has 194 valence electrons. The molecule has 1 heterocycles. The first-order valence-corrected chi connectivity index (χ1v) is 13.4. The van der Waals surface area contributed by atoms with Gasteiger partial charge in [-0.25, -0.2) is 0 Å². The molecule has 1 aliphatic heterocycles. The van der Waals surface area contributed by atoms with E-state index >= 15 is 0 Å². The van der Waals surface area contributed by atoms with Crippen LogP contribution in [0.15, 0.2) is 91.0 Å². The number of amides is 2. The van der Waals surface area contributed by atoms with Crippen molar-refractivity contribution in [1.82, 2.24) is 9.80 Å². The maximum Gasteiger partial charge on any atom is 0.237 e. The van der Waals surface area contributed by atoms with E-state index in [2.05, 4.69) is 29.2 Å². The average molecular weight is 498 g/mol. The van der Waals surface area contributed by atoms with E-state index in [1.807, 2.05) is 92.6 Å². The van der Waals surface area contributed by atoms with Crippen molar-refractivity contribution in [2.45, 2.75) is 44.1 Å². The van der Waals surface area contributed by atoms with Crippen LogP contribution < -0.4 is 4.90 Å². The molecule has 2 amide bonds. The van der Waals surface area contributed by atoms with E-state index in [-0.39, 0.29) is 17.9 Å². The van der Waals surface area contributed by atoms with Gasteiger partial charge in [0.25, 0.3) is 0 Å². The van der Waals surface area contributed by atoms with Crippen molar-refractivity contribution < 1.29 is 9.59 Å². The number of hydrogen-bond acceptors (Lipinski definition) is 3. The van der Waals surface area contributed by atoms with Crippen molar-refractivity contribution in [3.8, 4) is 0 Å². The molecule has 0 atom stereocenters. The number of nitrogens with zero attached hydrogens (tertiary/aromatic N) is 3. The molecule has 37 heavy (non-hydrogen) atoms. The van der Waals surface area contributed by atoms with Crippen LogP contribution >= 0.6 is 0 Å². The normalized spacial score (nSPS) is 14.8. The van der Waals surface area contributed by atoms with Crippen molar-refractivity contribution >= 4 is 17.5 Å². The van der Waals surface area contributed by atoms with Gasteiger partial charge >= 0.3 is 0 Å². The smallest absolute Gasteiger partial charge is 0.237 e. The number of benzene rings is 3. The lowest BCUT2D eigenvalue weighted by molar-refractivity contribution is -0.133. The van der Waals surface area contributed by atoms with Crippen molar-refractivity contribution in [1.29, 1.82) is 0 Å². The molecule has 5 heteroatoms. The highest BCUT2D eigenvalue weighted by Crippen LogP contribution is 2.38. The zero-order valence-corrected chi connectivity index (χ0v) is 22.3. The van der Waals surface area contributed by atoms with Gasteiger partial charge in [-0.3, -0.25) is 9.59 Å². The Labute approximate surface area is 221 Å². The lowest BCUT2D eigenvalue weighted by Crippen LogP contribution is -2.50. The molecule has 5 nitrogen and oxygen atoms in total. The van der Waals surface area contributed by atoms with Crippen molar-refractivity contribution in [3.63, 3.8) is 0 Å². The highest BCUT2D eigenvalue weighted by atomic mass is 16.2. The second-order valence-electron chi connectivity index (χ2n) is 10.1. The van der Waals surface area contributed by atoms with Gasteiger partial charge in [-0.05, 0) is 49.1 Å². The van der Waals surface area contributed by atoms with E-state index in [1.165, 1.54) is 0 Å². The van der Waals surface area contributed by atoms with Crippen molar-refractivity contribution in [2.75, 3.05) is 38.6 Å². The zero-order chi connectivity index (χ0) is 26.3. The van der Waals surface area contributed by atoms with Gasteiger partial charge in [-0.2, -0.15) is 0 Å². The number of likely N-dealkylation sites (N-methyl/N-ethyl adjacent to an activating group) is 1. The molecule has 4 rings (SSSR count). The molecule has 0 aromatic heterocycles. The Morgan fingerprint density at radius 2 is 1.30 bits per heavy atom. The SMILES string of the molecule is CCC(=O)N(c1ccccc1)C1CCN(CCC(C(=O)N(C)C)(c2ccccc2)c2ccccc2)CC1. The van der Waals surface area contributed by atoms with Crippen LogP contribution in [0.25, 0.3) is 0 Å². The number of carbonyl (C=O) groups excluding carboxylic acids is 2. The summed E-state index contributed by atoms with van der Waals surface area (Å²) in [4.78, 5) is 33.0. The first kappa shape index (κ1) is 26.6. The molecule has 0 aliphatic carbocycles. The summed E-state index contributed by atoms with van der Waals surface area (Å²) in [6.45, 7) is 4.55. The van der Waals surface area contributed by atoms with Crippen LogP contribution in [0.5, 0.6) is 0 Å². The van der Waals surface area contributed by atoms with E-state index in [1.54, 1.807) is 4.90 Å². The zero-order valence-electron chi connectivity index (χ0n) is 22.3. The molecule has 0 saturated carbocycles. The van der Waals surface area contributed by atoms with Gasteiger partial charge in [-0.1, -0.05) is 85.8 Å². The summed E-state index contributed by atoms with van der Waals surface area (Å²) in [6.07, 6.45) is 3.04. The number of para-hydroxylation sites is 1. The molecule has 0 spiro atoms. The number of anilines is 1. The molecule has 0 unspecified atom stereocenters. The number of hydrogen-bond donors (Lipinski definition) is 0. The van der Waals surface area contributed by atoms with Gasteiger partial charge < -0.3 is 14.7 Å². The summed E-state index contributed by atoms with van der Waals surface area (Å²) in [6, 6.07) is 30.6. The minimum absolute atomic E-state index is 0.101. The maximum absolute atomic E-state index is 13.9. The number of likely N-dealkylation sites (tertiary alicyclic amines) is 1. The Morgan fingerprint density at radius 3 is 1.76 bits per heavy atom. The van der Waals surface area contributed by atoms with Crippen LogP contribution in [0.2, 0.25) is 0 Å². The first-order valence-electron chi connectivity index (χ1n) is 13.4.